The summed E-state index contributed by atoms with van der Waals surface area (Å²) in [4.78, 5) is 4.28. The fourth-order valence-electron chi connectivity index (χ4n) is 2.97. The quantitative estimate of drug-likeness (QED) is 0.877. The average molecular weight is 269 g/mol. The normalized spacial score (nSPS) is 20.8. The number of hydrogen-bond acceptors (Lipinski definition) is 2. The van der Waals surface area contributed by atoms with Crippen LogP contribution in [0.5, 0.6) is 0 Å². The van der Waals surface area contributed by atoms with E-state index < -0.39 is 0 Å². The molecule has 1 heterocycles. The second kappa shape index (κ2) is 5.17. The highest BCUT2D eigenvalue weighted by atomic mass is 19.1. The first-order chi connectivity index (χ1) is 9.72. The van der Waals surface area contributed by atoms with Crippen molar-refractivity contribution in [3.8, 4) is 0 Å². The highest BCUT2D eigenvalue weighted by molar-refractivity contribution is 6.01. The second-order valence-corrected chi connectivity index (χ2v) is 5.02. The van der Waals surface area contributed by atoms with E-state index in [2.05, 4.69) is 11.1 Å². The third kappa shape index (κ3) is 2.04. The topological polar surface area (TPSA) is 32.6 Å². The number of benzene rings is 1. The van der Waals surface area contributed by atoms with Gasteiger partial charge < -0.3 is 5.11 Å². The van der Waals surface area contributed by atoms with Crippen molar-refractivity contribution in [1.82, 2.24) is 0 Å². The molecule has 0 radical (unpaired) electrons. The first kappa shape index (κ1) is 13.0. The lowest BCUT2D eigenvalue weighted by Crippen LogP contribution is -1.97. The summed E-state index contributed by atoms with van der Waals surface area (Å²) in [6, 6.07) is 4.88. The van der Waals surface area contributed by atoms with Gasteiger partial charge in [0.1, 0.15) is 5.82 Å². The molecular formula is C17H16FNO. The lowest BCUT2D eigenvalue weighted by Gasteiger charge is -2.10. The van der Waals surface area contributed by atoms with Gasteiger partial charge in [-0.05, 0) is 65.0 Å². The van der Waals surface area contributed by atoms with Crippen LogP contribution in [-0.2, 0) is 0 Å². The molecule has 1 aromatic rings. The first-order valence-corrected chi connectivity index (χ1v) is 6.73. The van der Waals surface area contributed by atoms with Crippen LogP contribution in [0.3, 0.4) is 0 Å². The van der Waals surface area contributed by atoms with E-state index in [1.165, 1.54) is 6.07 Å². The fraction of sp³-hybridized carbons (Fsp3) is 0.235. The Kier molecular flexibility index (Phi) is 3.36. The maximum absolute atomic E-state index is 13.5. The number of dihydropyridines is 1. The van der Waals surface area contributed by atoms with Crippen molar-refractivity contribution in [2.45, 2.75) is 13.3 Å². The molecule has 0 saturated carbocycles. The Balaban J connectivity index is 2.22. The zero-order chi connectivity index (χ0) is 14.1. The number of aliphatic hydroxyl groups is 1. The maximum Gasteiger partial charge on any atom is 0.123 e. The minimum Gasteiger partial charge on any atom is -0.396 e. The SMILES string of the molecule is CC1=C(CCO)c2cc(F)ccc2C1=C1C=CC=NC1. The van der Waals surface area contributed by atoms with Crippen molar-refractivity contribution in [2.24, 2.45) is 4.99 Å². The Bertz CT molecular complexity index is 680. The standard InChI is InChI=1S/C17H16FNO/c1-11-14(6-8-20)16-9-13(18)4-5-15(16)17(11)12-3-2-7-19-10-12/h2-5,7,9,20H,6,8,10H2,1H3. The molecule has 0 fully saturated rings. The Morgan fingerprint density at radius 1 is 1.30 bits per heavy atom. The molecule has 20 heavy (non-hydrogen) atoms. The van der Waals surface area contributed by atoms with E-state index in [1.54, 1.807) is 12.3 Å². The smallest absolute Gasteiger partial charge is 0.123 e. The first-order valence-electron chi connectivity index (χ1n) is 6.73. The van der Waals surface area contributed by atoms with E-state index in [9.17, 15) is 9.50 Å². The van der Waals surface area contributed by atoms with Crippen molar-refractivity contribution >= 4 is 17.4 Å². The van der Waals surface area contributed by atoms with Gasteiger partial charge in [-0.3, -0.25) is 4.99 Å². The fourth-order valence-corrected chi connectivity index (χ4v) is 2.97. The number of rotatable bonds is 2. The van der Waals surface area contributed by atoms with E-state index in [0.29, 0.717) is 13.0 Å². The van der Waals surface area contributed by atoms with Gasteiger partial charge in [0, 0.05) is 12.8 Å². The minimum atomic E-state index is -0.240. The number of allylic oxidation sites excluding steroid dienone is 3. The van der Waals surface area contributed by atoms with Crippen molar-refractivity contribution < 1.29 is 9.50 Å². The van der Waals surface area contributed by atoms with Gasteiger partial charge in [0.25, 0.3) is 0 Å². The van der Waals surface area contributed by atoms with Gasteiger partial charge in [-0.25, -0.2) is 4.39 Å². The molecule has 0 bridgehead atoms. The second-order valence-electron chi connectivity index (χ2n) is 5.02. The van der Waals surface area contributed by atoms with Crippen molar-refractivity contribution in [3.05, 3.63) is 58.4 Å². The molecule has 1 aliphatic carbocycles. The summed E-state index contributed by atoms with van der Waals surface area (Å²) >= 11 is 0. The van der Waals surface area contributed by atoms with Crippen LogP contribution in [-0.4, -0.2) is 24.5 Å². The molecular weight excluding hydrogens is 253 g/mol. The lowest BCUT2D eigenvalue weighted by atomic mass is 9.96. The van der Waals surface area contributed by atoms with E-state index in [1.807, 2.05) is 19.1 Å². The highest BCUT2D eigenvalue weighted by Gasteiger charge is 2.25. The van der Waals surface area contributed by atoms with Crippen LogP contribution in [0.1, 0.15) is 24.5 Å². The monoisotopic (exact) mass is 269 g/mol. The Morgan fingerprint density at radius 3 is 2.85 bits per heavy atom. The predicted molar refractivity (Wildman–Crippen MR) is 80.1 cm³/mol. The zero-order valence-electron chi connectivity index (χ0n) is 11.4. The van der Waals surface area contributed by atoms with E-state index >= 15 is 0 Å². The summed E-state index contributed by atoms with van der Waals surface area (Å²) in [6.07, 6.45) is 6.32. The van der Waals surface area contributed by atoms with E-state index in [4.69, 9.17) is 0 Å². The minimum absolute atomic E-state index is 0.0687. The largest absolute Gasteiger partial charge is 0.396 e. The third-order valence-corrected chi connectivity index (χ3v) is 3.84. The number of hydrogen-bond donors (Lipinski definition) is 1. The molecule has 0 unspecified atom stereocenters. The van der Waals surface area contributed by atoms with Gasteiger partial charge in [-0.1, -0.05) is 12.1 Å². The Labute approximate surface area is 117 Å². The van der Waals surface area contributed by atoms with Crippen molar-refractivity contribution in [3.63, 3.8) is 0 Å². The van der Waals surface area contributed by atoms with E-state index in [0.717, 1.165) is 33.4 Å². The van der Waals surface area contributed by atoms with Crippen LogP contribution in [0.2, 0.25) is 0 Å². The number of aliphatic imine (C=N–C) groups is 1. The number of fused-ring (bicyclic) bond motifs is 1. The summed E-state index contributed by atoms with van der Waals surface area (Å²) in [7, 11) is 0. The Morgan fingerprint density at radius 2 is 2.15 bits per heavy atom. The molecule has 102 valence electrons. The molecule has 0 spiro atoms. The lowest BCUT2D eigenvalue weighted by molar-refractivity contribution is 0.305. The summed E-state index contributed by atoms with van der Waals surface area (Å²) < 4.78 is 13.5. The number of aliphatic hydroxyl groups excluding tert-OH is 1. The van der Waals surface area contributed by atoms with Gasteiger partial charge >= 0.3 is 0 Å². The molecule has 0 saturated heterocycles. The van der Waals surface area contributed by atoms with Crippen LogP contribution >= 0.6 is 0 Å². The summed E-state index contributed by atoms with van der Waals surface area (Å²) in [5.74, 6) is -0.240. The van der Waals surface area contributed by atoms with Crippen LogP contribution < -0.4 is 0 Å². The van der Waals surface area contributed by atoms with Crippen LogP contribution in [0.4, 0.5) is 4.39 Å². The third-order valence-electron chi connectivity index (χ3n) is 3.84. The van der Waals surface area contributed by atoms with Crippen LogP contribution in [0.15, 0.2) is 46.5 Å². The number of halogens is 1. The molecule has 3 rings (SSSR count). The molecule has 2 nitrogen and oxygen atoms in total. The Hall–Kier alpha value is -2.00. The highest BCUT2D eigenvalue weighted by Crippen LogP contribution is 2.44. The summed E-state index contributed by atoms with van der Waals surface area (Å²) in [6.45, 7) is 2.75. The molecule has 1 aliphatic heterocycles. The molecule has 3 heteroatoms. The molecule has 0 aromatic heterocycles. The van der Waals surface area contributed by atoms with Gasteiger partial charge in [0.15, 0.2) is 0 Å². The van der Waals surface area contributed by atoms with Gasteiger partial charge in [-0.2, -0.15) is 0 Å². The predicted octanol–water partition coefficient (Wildman–Crippen LogP) is 3.39. The molecule has 1 aromatic carbocycles. The van der Waals surface area contributed by atoms with Gasteiger partial charge in [0.05, 0.1) is 6.54 Å². The van der Waals surface area contributed by atoms with Crippen molar-refractivity contribution in [1.29, 1.82) is 0 Å². The maximum atomic E-state index is 13.5. The summed E-state index contributed by atoms with van der Waals surface area (Å²) in [5, 5.41) is 9.25. The summed E-state index contributed by atoms with van der Waals surface area (Å²) in [5.41, 5.74) is 6.39. The van der Waals surface area contributed by atoms with Gasteiger partial charge in [0.2, 0.25) is 0 Å². The van der Waals surface area contributed by atoms with Crippen LogP contribution in [0, 0.1) is 5.82 Å². The molecule has 0 atom stereocenters. The molecule has 2 aliphatic rings. The zero-order valence-corrected chi connectivity index (χ0v) is 11.4. The number of nitrogens with zero attached hydrogens (tertiary/aromatic N) is 1. The van der Waals surface area contributed by atoms with Gasteiger partial charge in [-0.15, -0.1) is 0 Å². The molecule has 0 amide bonds. The molecule has 1 N–H and O–H groups in total. The van der Waals surface area contributed by atoms with Crippen molar-refractivity contribution in [2.75, 3.05) is 13.2 Å². The average Bonchev–Trinajstić information content (AvgIpc) is 2.73. The van der Waals surface area contributed by atoms with E-state index in [-0.39, 0.29) is 12.4 Å². The van der Waals surface area contributed by atoms with Crippen LogP contribution in [0.25, 0.3) is 11.1 Å².